The zero-order valence-corrected chi connectivity index (χ0v) is 15.3. The highest BCUT2D eigenvalue weighted by Gasteiger charge is 2.38. The van der Waals surface area contributed by atoms with Crippen LogP contribution in [0.4, 0.5) is 4.79 Å². The molecule has 1 N–H and O–H groups in total. The molecular formula is C19H29NO4. The van der Waals surface area contributed by atoms with E-state index in [1.807, 2.05) is 52.8 Å². The summed E-state index contributed by atoms with van der Waals surface area (Å²) in [5.41, 5.74) is 0.701. The van der Waals surface area contributed by atoms with Gasteiger partial charge in [0.1, 0.15) is 11.7 Å². The molecule has 0 spiro atoms. The number of nitrogens with one attached hydrogen (secondary N) is 1. The summed E-state index contributed by atoms with van der Waals surface area (Å²) in [5, 5.41) is 2.96. The van der Waals surface area contributed by atoms with Crippen molar-refractivity contribution in [3.8, 4) is 0 Å². The average Bonchev–Trinajstić information content (AvgIpc) is 2.83. The highest BCUT2D eigenvalue weighted by molar-refractivity contribution is 5.68. The van der Waals surface area contributed by atoms with E-state index in [1.165, 1.54) is 5.56 Å². The fraction of sp³-hybridized carbons (Fsp3) is 0.632. The van der Waals surface area contributed by atoms with Crippen molar-refractivity contribution in [1.82, 2.24) is 5.32 Å². The molecule has 0 bridgehead atoms. The molecule has 1 heterocycles. The van der Waals surface area contributed by atoms with Gasteiger partial charge >= 0.3 is 6.09 Å². The first-order valence-electron chi connectivity index (χ1n) is 8.50. The number of carbonyl (C=O) groups excluding carboxylic acids is 1. The first-order chi connectivity index (χ1) is 11.1. The van der Waals surface area contributed by atoms with E-state index in [4.69, 9.17) is 14.2 Å². The third kappa shape index (κ3) is 6.13. The minimum absolute atomic E-state index is 0.165. The Labute approximate surface area is 144 Å². The molecule has 5 nitrogen and oxygen atoms in total. The van der Waals surface area contributed by atoms with E-state index in [0.717, 1.165) is 12.8 Å². The minimum Gasteiger partial charge on any atom is -0.444 e. The van der Waals surface area contributed by atoms with Gasteiger partial charge in [-0.15, -0.1) is 0 Å². The summed E-state index contributed by atoms with van der Waals surface area (Å²) in [5.74, 6) is -0.620. The van der Waals surface area contributed by atoms with Crippen molar-refractivity contribution in [3.63, 3.8) is 0 Å². The van der Waals surface area contributed by atoms with Gasteiger partial charge in [0.05, 0.1) is 12.6 Å². The third-order valence-electron chi connectivity index (χ3n) is 3.77. The van der Waals surface area contributed by atoms with Crippen LogP contribution < -0.4 is 5.32 Å². The van der Waals surface area contributed by atoms with Crippen molar-refractivity contribution < 1.29 is 19.0 Å². The summed E-state index contributed by atoms with van der Waals surface area (Å²) in [4.78, 5) is 12.2. The van der Waals surface area contributed by atoms with Crippen LogP contribution in [0.3, 0.4) is 0 Å². The number of hydrogen-bond donors (Lipinski definition) is 1. The van der Waals surface area contributed by atoms with Crippen LogP contribution in [0.25, 0.3) is 0 Å². The van der Waals surface area contributed by atoms with E-state index in [1.54, 1.807) is 0 Å². The van der Waals surface area contributed by atoms with E-state index in [-0.39, 0.29) is 12.1 Å². The molecule has 0 aromatic heterocycles. The molecule has 1 amide bonds. The zero-order valence-electron chi connectivity index (χ0n) is 15.3. The Bertz CT molecular complexity index is 536. The Morgan fingerprint density at radius 3 is 2.54 bits per heavy atom. The molecule has 1 fully saturated rings. The molecular weight excluding hydrogens is 306 g/mol. The molecule has 0 unspecified atom stereocenters. The quantitative estimate of drug-likeness (QED) is 0.892. The predicted molar refractivity (Wildman–Crippen MR) is 92.8 cm³/mol. The Morgan fingerprint density at radius 1 is 1.33 bits per heavy atom. The maximum Gasteiger partial charge on any atom is 0.407 e. The molecule has 2 atom stereocenters. The SMILES string of the molecule is CC(C)(C)OC(=O)N[C@@H](CCc1ccccc1)[C@H]1COC(C)(C)O1. The molecule has 0 aliphatic carbocycles. The van der Waals surface area contributed by atoms with Crippen LogP contribution in [-0.4, -0.2) is 36.2 Å². The first kappa shape index (κ1) is 18.7. The second-order valence-corrected chi connectivity index (χ2v) is 7.64. The molecule has 5 heteroatoms. The maximum atomic E-state index is 12.2. The largest absolute Gasteiger partial charge is 0.444 e. The van der Waals surface area contributed by atoms with Crippen LogP contribution >= 0.6 is 0 Å². The van der Waals surface area contributed by atoms with Gasteiger partial charge in [-0.1, -0.05) is 30.3 Å². The zero-order chi connectivity index (χ0) is 17.8. The lowest BCUT2D eigenvalue weighted by Gasteiger charge is -2.27. The predicted octanol–water partition coefficient (Wildman–Crippen LogP) is 3.66. The summed E-state index contributed by atoms with van der Waals surface area (Å²) in [7, 11) is 0. The lowest BCUT2D eigenvalue weighted by molar-refractivity contribution is -0.141. The minimum atomic E-state index is -0.620. The maximum absolute atomic E-state index is 12.2. The Hall–Kier alpha value is -1.59. The first-order valence-corrected chi connectivity index (χ1v) is 8.50. The lowest BCUT2D eigenvalue weighted by Crippen LogP contribution is -2.47. The van der Waals surface area contributed by atoms with Crippen molar-refractivity contribution in [3.05, 3.63) is 35.9 Å². The number of ether oxygens (including phenoxy) is 3. The van der Waals surface area contributed by atoms with Crippen molar-refractivity contribution in [2.24, 2.45) is 0 Å². The van der Waals surface area contributed by atoms with Gasteiger partial charge in [0.25, 0.3) is 0 Å². The van der Waals surface area contributed by atoms with Gasteiger partial charge in [-0.2, -0.15) is 0 Å². The van der Waals surface area contributed by atoms with Crippen molar-refractivity contribution in [1.29, 1.82) is 0 Å². The highest BCUT2D eigenvalue weighted by atomic mass is 16.7. The van der Waals surface area contributed by atoms with Gasteiger partial charge in [-0.05, 0) is 53.0 Å². The molecule has 24 heavy (non-hydrogen) atoms. The number of aryl methyl sites for hydroxylation is 1. The second kappa shape index (κ2) is 7.53. The summed E-state index contributed by atoms with van der Waals surface area (Å²) in [6.45, 7) is 9.78. The molecule has 0 radical (unpaired) electrons. The van der Waals surface area contributed by atoms with Gasteiger partial charge < -0.3 is 19.5 Å². The average molecular weight is 335 g/mol. The summed E-state index contributed by atoms with van der Waals surface area (Å²) in [6, 6.07) is 10.0. The molecule has 2 rings (SSSR count). The molecule has 1 aromatic carbocycles. The van der Waals surface area contributed by atoms with Crippen molar-refractivity contribution >= 4 is 6.09 Å². The van der Waals surface area contributed by atoms with Gasteiger partial charge in [-0.3, -0.25) is 0 Å². The van der Waals surface area contributed by atoms with Gasteiger partial charge in [0.2, 0.25) is 0 Å². The molecule has 1 aromatic rings. The second-order valence-electron chi connectivity index (χ2n) is 7.64. The van der Waals surface area contributed by atoms with Crippen LogP contribution in [0, 0.1) is 0 Å². The number of rotatable bonds is 5. The number of carbonyl (C=O) groups is 1. The van der Waals surface area contributed by atoms with Gasteiger partial charge in [0.15, 0.2) is 5.79 Å². The summed E-state index contributed by atoms with van der Waals surface area (Å²) >= 11 is 0. The number of amides is 1. The van der Waals surface area contributed by atoms with Crippen LogP contribution in [0.1, 0.15) is 46.6 Å². The van der Waals surface area contributed by atoms with Crippen molar-refractivity contribution in [2.45, 2.75) is 71.0 Å². The van der Waals surface area contributed by atoms with Gasteiger partial charge in [-0.25, -0.2) is 4.79 Å². The molecule has 1 aliphatic rings. The molecule has 0 saturated carbocycles. The van der Waals surface area contributed by atoms with E-state index < -0.39 is 17.5 Å². The summed E-state index contributed by atoms with van der Waals surface area (Å²) in [6.07, 6.45) is 1.000. The number of alkyl carbamates (subject to hydrolysis) is 1. The third-order valence-corrected chi connectivity index (χ3v) is 3.77. The van der Waals surface area contributed by atoms with E-state index in [0.29, 0.717) is 6.61 Å². The Kier molecular flexibility index (Phi) is 5.88. The lowest BCUT2D eigenvalue weighted by atomic mass is 10.0. The van der Waals surface area contributed by atoms with Crippen molar-refractivity contribution in [2.75, 3.05) is 6.61 Å². The standard InChI is InChI=1S/C19H29NO4/c1-18(2,3)24-17(21)20-15(16-13-22-19(4,5)23-16)12-11-14-9-7-6-8-10-14/h6-10,15-16H,11-13H2,1-5H3,(H,20,21)/t15-,16+/m0/s1. The Balaban J connectivity index is 2.00. The van der Waals surface area contributed by atoms with Crippen LogP contribution in [0.15, 0.2) is 30.3 Å². The van der Waals surface area contributed by atoms with E-state index >= 15 is 0 Å². The number of hydrogen-bond acceptors (Lipinski definition) is 4. The fourth-order valence-corrected chi connectivity index (χ4v) is 2.69. The van der Waals surface area contributed by atoms with Gasteiger partial charge in [0, 0.05) is 0 Å². The topological polar surface area (TPSA) is 56.8 Å². The normalized spacial score (nSPS) is 21.3. The number of benzene rings is 1. The Morgan fingerprint density at radius 2 is 2.00 bits per heavy atom. The highest BCUT2D eigenvalue weighted by Crippen LogP contribution is 2.26. The molecule has 134 valence electrons. The summed E-state index contributed by atoms with van der Waals surface area (Å²) < 4.78 is 17.0. The van der Waals surface area contributed by atoms with Crippen LogP contribution in [0.2, 0.25) is 0 Å². The van der Waals surface area contributed by atoms with Crippen LogP contribution in [0.5, 0.6) is 0 Å². The molecule has 1 saturated heterocycles. The smallest absolute Gasteiger partial charge is 0.407 e. The molecule has 1 aliphatic heterocycles. The fourth-order valence-electron chi connectivity index (χ4n) is 2.69. The van der Waals surface area contributed by atoms with Crippen LogP contribution in [-0.2, 0) is 20.6 Å². The van der Waals surface area contributed by atoms with E-state index in [9.17, 15) is 4.79 Å². The van der Waals surface area contributed by atoms with E-state index in [2.05, 4.69) is 17.4 Å². The monoisotopic (exact) mass is 335 g/mol.